The van der Waals surface area contributed by atoms with E-state index in [1.807, 2.05) is 13.8 Å². The molecule has 0 bridgehead atoms. The summed E-state index contributed by atoms with van der Waals surface area (Å²) in [6, 6.07) is 5.85. The molecule has 6 nitrogen and oxygen atoms in total. The second kappa shape index (κ2) is 7.19. The van der Waals surface area contributed by atoms with Crippen molar-refractivity contribution in [2.75, 3.05) is 11.9 Å². The molecule has 0 saturated heterocycles. The van der Waals surface area contributed by atoms with E-state index in [2.05, 4.69) is 25.1 Å². The molecule has 9 heteroatoms. The van der Waals surface area contributed by atoms with E-state index in [0.717, 1.165) is 29.1 Å². The number of aryl methyl sites for hydroxylation is 1. The molecule has 0 fully saturated rings. The Kier molecular flexibility index (Phi) is 4.97. The van der Waals surface area contributed by atoms with E-state index in [4.69, 9.17) is 0 Å². The number of hydrogen-bond acceptors (Lipinski definition) is 5. The Morgan fingerprint density at radius 1 is 1.19 bits per heavy atom. The molecule has 0 aliphatic rings. The first-order valence-corrected chi connectivity index (χ1v) is 8.15. The summed E-state index contributed by atoms with van der Waals surface area (Å²) in [5.41, 5.74) is 2.84. The molecule has 0 atom stereocenters. The second-order valence-electron chi connectivity index (χ2n) is 5.73. The van der Waals surface area contributed by atoms with Gasteiger partial charge in [-0.1, -0.05) is 19.1 Å². The lowest BCUT2D eigenvalue weighted by atomic mass is 10.1. The summed E-state index contributed by atoms with van der Waals surface area (Å²) in [5, 5.41) is 7.51. The van der Waals surface area contributed by atoms with Crippen LogP contribution in [0.25, 0.3) is 5.78 Å². The first-order chi connectivity index (χ1) is 12.4. The SMILES string of the molecule is CCc1nc2ncnn2c(NCCc2ccc(OC(F)(F)F)cc2)c1C. The van der Waals surface area contributed by atoms with Crippen molar-refractivity contribution < 1.29 is 17.9 Å². The lowest BCUT2D eigenvalue weighted by Crippen LogP contribution is -2.17. The van der Waals surface area contributed by atoms with Crippen LogP contribution >= 0.6 is 0 Å². The molecule has 0 aliphatic carbocycles. The fourth-order valence-electron chi connectivity index (χ4n) is 2.70. The van der Waals surface area contributed by atoms with E-state index in [1.54, 1.807) is 16.6 Å². The van der Waals surface area contributed by atoms with Crippen molar-refractivity contribution in [3.63, 3.8) is 0 Å². The van der Waals surface area contributed by atoms with Gasteiger partial charge in [0.1, 0.15) is 17.9 Å². The van der Waals surface area contributed by atoms with Crippen LogP contribution in [0.4, 0.5) is 19.0 Å². The first-order valence-electron chi connectivity index (χ1n) is 8.15. The molecule has 1 N–H and O–H groups in total. The molecule has 0 radical (unpaired) electrons. The van der Waals surface area contributed by atoms with Gasteiger partial charge in [-0.25, -0.2) is 4.98 Å². The quantitative estimate of drug-likeness (QED) is 0.724. The molecule has 3 aromatic rings. The number of rotatable bonds is 6. The average Bonchev–Trinajstić information content (AvgIpc) is 3.05. The highest BCUT2D eigenvalue weighted by Crippen LogP contribution is 2.23. The molecule has 0 aliphatic heterocycles. The first kappa shape index (κ1) is 18.0. The van der Waals surface area contributed by atoms with E-state index in [0.29, 0.717) is 18.7 Å². The van der Waals surface area contributed by atoms with Gasteiger partial charge in [-0.15, -0.1) is 13.2 Å². The van der Waals surface area contributed by atoms with Crippen molar-refractivity contribution in [3.05, 3.63) is 47.4 Å². The van der Waals surface area contributed by atoms with Gasteiger partial charge < -0.3 is 10.1 Å². The van der Waals surface area contributed by atoms with Crippen molar-refractivity contribution in [2.24, 2.45) is 0 Å². The van der Waals surface area contributed by atoms with Gasteiger partial charge in [0.2, 0.25) is 0 Å². The maximum atomic E-state index is 12.2. The molecule has 0 spiro atoms. The van der Waals surface area contributed by atoms with Gasteiger partial charge >= 0.3 is 6.36 Å². The Morgan fingerprint density at radius 3 is 2.58 bits per heavy atom. The summed E-state index contributed by atoms with van der Waals surface area (Å²) in [5.74, 6) is 1.13. The molecule has 2 heterocycles. The molecule has 138 valence electrons. The van der Waals surface area contributed by atoms with Crippen LogP contribution in [0.15, 0.2) is 30.6 Å². The highest BCUT2D eigenvalue weighted by Gasteiger charge is 2.30. The molecule has 1 aromatic carbocycles. The van der Waals surface area contributed by atoms with Gasteiger partial charge in [-0.2, -0.15) is 14.6 Å². The van der Waals surface area contributed by atoms with Gasteiger partial charge in [-0.05, 0) is 37.5 Å². The summed E-state index contributed by atoms with van der Waals surface area (Å²) in [6.07, 6.45) is -1.82. The number of ether oxygens (including phenoxy) is 1. The molecule has 26 heavy (non-hydrogen) atoms. The minimum absolute atomic E-state index is 0.226. The molecule has 3 rings (SSSR count). The number of fused-ring (bicyclic) bond motifs is 1. The van der Waals surface area contributed by atoms with Crippen LogP contribution in [0.3, 0.4) is 0 Å². The number of benzene rings is 1. The number of hydrogen-bond donors (Lipinski definition) is 1. The van der Waals surface area contributed by atoms with Crippen molar-refractivity contribution >= 4 is 11.6 Å². The van der Waals surface area contributed by atoms with Crippen molar-refractivity contribution in [1.29, 1.82) is 0 Å². The number of nitrogens with zero attached hydrogens (tertiary/aromatic N) is 4. The zero-order valence-corrected chi connectivity index (χ0v) is 14.3. The predicted molar refractivity (Wildman–Crippen MR) is 90.2 cm³/mol. The van der Waals surface area contributed by atoms with Crippen molar-refractivity contribution in [1.82, 2.24) is 19.6 Å². The summed E-state index contributed by atoms with van der Waals surface area (Å²) < 4.78 is 42.1. The highest BCUT2D eigenvalue weighted by molar-refractivity contribution is 5.52. The molecular formula is C17H18F3N5O. The fraction of sp³-hybridized carbons (Fsp3) is 0.353. The lowest BCUT2D eigenvalue weighted by molar-refractivity contribution is -0.274. The Bertz CT molecular complexity index is 890. The lowest BCUT2D eigenvalue weighted by Gasteiger charge is -2.13. The summed E-state index contributed by atoms with van der Waals surface area (Å²) in [6.45, 7) is 4.58. The van der Waals surface area contributed by atoms with Gasteiger partial charge in [0, 0.05) is 12.1 Å². The monoisotopic (exact) mass is 365 g/mol. The Morgan fingerprint density at radius 2 is 1.92 bits per heavy atom. The Balaban J connectivity index is 1.68. The van der Waals surface area contributed by atoms with Gasteiger partial charge in [0.25, 0.3) is 5.78 Å². The smallest absolute Gasteiger partial charge is 0.406 e. The molecule has 0 amide bonds. The topological polar surface area (TPSA) is 64.3 Å². The minimum atomic E-state index is -4.68. The summed E-state index contributed by atoms with van der Waals surface area (Å²) >= 11 is 0. The third-order valence-corrected chi connectivity index (χ3v) is 3.96. The van der Waals surface area contributed by atoms with E-state index in [-0.39, 0.29) is 5.75 Å². The van der Waals surface area contributed by atoms with Gasteiger partial charge in [-0.3, -0.25) is 0 Å². The van der Waals surface area contributed by atoms with E-state index in [9.17, 15) is 13.2 Å². The Labute approximate surface area is 148 Å². The number of nitrogens with one attached hydrogen (secondary N) is 1. The predicted octanol–water partition coefficient (Wildman–Crippen LogP) is 3.55. The number of halogens is 3. The summed E-state index contributed by atoms with van der Waals surface area (Å²) in [7, 11) is 0. The third kappa shape index (κ3) is 4.04. The average molecular weight is 365 g/mol. The second-order valence-corrected chi connectivity index (χ2v) is 5.73. The number of anilines is 1. The Hall–Kier alpha value is -2.84. The summed E-state index contributed by atoms with van der Waals surface area (Å²) in [4.78, 5) is 8.59. The minimum Gasteiger partial charge on any atom is -0.406 e. The number of alkyl halides is 3. The normalized spacial score (nSPS) is 11.7. The number of aromatic nitrogens is 4. The van der Waals surface area contributed by atoms with Gasteiger partial charge in [0.05, 0.1) is 5.69 Å². The van der Waals surface area contributed by atoms with Crippen LogP contribution in [-0.4, -0.2) is 32.5 Å². The van der Waals surface area contributed by atoms with Gasteiger partial charge in [0.15, 0.2) is 0 Å². The van der Waals surface area contributed by atoms with Crippen LogP contribution in [0, 0.1) is 6.92 Å². The molecule has 2 aromatic heterocycles. The molecule has 0 unspecified atom stereocenters. The van der Waals surface area contributed by atoms with E-state index < -0.39 is 6.36 Å². The fourth-order valence-corrected chi connectivity index (χ4v) is 2.70. The maximum absolute atomic E-state index is 12.2. The van der Waals surface area contributed by atoms with Crippen LogP contribution in [0.2, 0.25) is 0 Å². The third-order valence-electron chi connectivity index (χ3n) is 3.96. The van der Waals surface area contributed by atoms with Crippen molar-refractivity contribution in [2.45, 2.75) is 33.1 Å². The zero-order valence-electron chi connectivity index (χ0n) is 14.3. The zero-order chi connectivity index (χ0) is 18.7. The van der Waals surface area contributed by atoms with Crippen LogP contribution in [0.1, 0.15) is 23.7 Å². The molecule has 0 saturated carbocycles. The highest BCUT2D eigenvalue weighted by atomic mass is 19.4. The van der Waals surface area contributed by atoms with E-state index >= 15 is 0 Å². The van der Waals surface area contributed by atoms with Crippen LogP contribution in [0.5, 0.6) is 5.75 Å². The van der Waals surface area contributed by atoms with E-state index in [1.165, 1.54) is 18.5 Å². The standard InChI is InChI=1S/C17H18F3N5O/c1-3-14-11(2)15(25-16(24-14)22-10-23-25)21-9-8-12-4-6-13(7-5-12)26-17(18,19)20/h4-7,10,21H,3,8-9H2,1-2H3. The van der Waals surface area contributed by atoms with Crippen LogP contribution < -0.4 is 10.1 Å². The maximum Gasteiger partial charge on any atom is 0.573 e. The van der Waals surface area contributed by atoms with Crippen LogP contribution in [-0.2, 0) is 12.8 Å². The molecular weight excluding hydrogens is 347 g/mol. The van der Waals surface area contributed by atoms with Crippen molar-refractivity contribution in [3.8, 4) is 5.75 Å². The largest absolute Gasteiger partial charge is 0.573 e.